The Hall–Kier alpha value is -1.86. The van der Waals surface area contributed by atoms with Crippen LogP contribution in [0.1, 0.15) is 12.0 Å². The zero-order valence-electron chi connectivity index (χ0n) is 13.4. The lowest BCUT2D eigenvalue weighted by atomic mass is 10.1. The molecule has 0 amide bonds. The smallest absolute Gasteiger partial charge is 0.308 e. The molecule has 0 aliphatic carbocycles. The number of ether oxygens (including phenoxy) is 2. The van der Waals surface area contributed by atoms with Gasteiger partial charge in [-0.05, 0) is 18.2 Å². The molecule has 0 radical (unpaired) electrons. The lowest BCUT2D eigenvalue weighted by molar-refractivity contribution is -0.145. The van der Waals surface area contributed by atoms with Gasteiger partial charge in [0.25, 0.3) is 0 Å². The molecule has 1 saturated heterocycles. The first kappa shape index (κ1) is 17.0. The third-order valence-electron chi connectivity index (χ3n) is 3.89. The van der Waals surface area contributed by atoms with E-state index in [1.807, 2.05) is 24.4 Å². The Labute approximate surface area is 149 Å². The van der Waals surface area contributed by atoms with Gasteiger partial charge in [0.15, 0.2) is 0 Å². The van der Waals surface area contributed by atoms with Crippen LogP contribution in [0.2, 0.25) is 0 Å². The van der Waals surface area contributed by atoms with Gasteiger partial charge in [-0.3, -0.25) is 9.48 Å². The molecule has 128 valence electrons. The number of morpholine rings is 1. The van der Waals surface area contributed by atoms with E-state index < -0.39 is 0 Å². The third kappa shape index (κ3) is 4.58. The summed E-state index contributed by atoms with van der Waals surface area (Å²) in [6.45, 7) is 3.93. The zero-order chi connectivity index (χ0) is 16.8. The van der Waals surface area contributed by atoms with Crippen LogP contribution in [0, 0.1) is 0 Å². The third-order valence-corrected chi connectivity index (χ3v) is 4.39. The van der Waals surface area contributed by atoms with Gasteiger partial charge in [0.1, 0.15) is 6.61 Å². The highest BCUT2D eigenvalue weighted by Crippen LogP contribution is 2.26. The predicted molar refractivity (Wildman–Crippen MR) is 93.8 cm³/mol. The second kappa shape index (κ2) is 8.30. The van der Waals surface area contributed by atoms with E-state index in [4.69, 9.17) is 9.47 Å². The monoisotopic (exact) mass is 393 g/mol. The number of esters is 1. The van der Waals surface area contributed by atoms with Crippen molar-refractivity contribution in [1.82, 2.24) is 9.78 Å². The van der Waals surface area contributed by atoms with Crippen LogP contribution in [-0.2, 0) is 27.4 Å². The Bertz CT molecular complexity index is 670. The lowest BCUT2D eigenvalue weighted by Gasteiger charge is -2.30. The van der Waals surface area contributed by atoms with Gasteiger partial charge >= 0.3 is 5.97 Å². The van der Waals surface area contributed by atoms with Crippen molar-refractivity contribution in [2.75, 3.05) is 31.2 Å². The number of carbonyl (C=O) groups is 1. The van der Waals surface area contributed by atoms with Crippen LogP contribution in [0.4, 0.5) is 5.69 Å². The molecule has 1 fully saturated rings. The molecule has 0 bridgehead atoms. The van der Waals surface area contributed by atoms with Gasteiger partial charge in [-0.2, -0.15) is 5.10 Å². The minimum absolute atomic E-state index is 0.221. The molecule has 24 heavy (non-hydrogen) atoms. The van der Waals surface area contributed by atoms with E-state index >= 15 is 0 Å². The number of hydrogen-bond acceptors (Lipinski definition) is 5. The predicted octanol–water partition coefficient (Wildman–Crippen LogP) is 2.62. The van der Waals surface area contributed by atoms with E-state index in [1.54, 1.807) is 10.9 Å². The first-order chi connectivity index (χ1) is 11.7. The topological polar surface area (TPSA) is 56.6 Å². The number of anilines is 1. The molecular formula is C17H20BrN3O3. The van der Waals surface area contributed by atoms with Crippen LogP contribution < -0.4 is 4.90 Å². The summed E-state index contributed by atoms with van der Waals surface area (Å²) in [5.74, 6) is -0.221. The number of aromatic nitrogens is 2. The van der Waals surface area contributed by atoms with Crippen LogP contribution in [0.15, 0.2) is 41.1 Å². The van der Waals surface area contributed by atoms with Gasteiger partial charge in [-0.25, -0.2) is 0 Å². The molecule has 6 nitrogen and oxygen atoms in total. The maximum atomic E-state index is 12.0. The first-order valence-electron chi connectivity index (χ1n) is 7.96. The molecule has 1 aromatic carbocycles. The summed E-state index contributed by atoms with van der Waals surface area (Å²) in [5.41, 5.74) is 2.10. The number of hydrogen-bond donors (Lipinski definition) is 0. The molecule has 7 heteroatoms. The van der Waals surface area contributed by atoms with Crippen LogP contribution >= 0.6 is 15.9 Å². The van der Waals surface area contributed by atoms with E-state index in [0.717, 1.165) is 42.0 Å². The van der Waals surface area contributed by atoms with Gasteiger partial charge in [0, 0.05) is 41.2 Å². The van der Waals surface area contributed by atoms with Gasteiger partial charge in [0.05, 0.1) is 26.2 Å². The minimum Gasteiger partial charge on any atom is -0.461 e. The van der Waals surface area contributed by atoms with Gasteiger partial charge in [0.2, 0.25) is 0 Å². The standard InChI is InChI=1S/C17H20BrN3O3/c18-15-3-2-14(16(12-15)20-8-10-23-11-9-20)13-24-17(22)4-7-21-6-1-5-19-21/h1-3,5-6,12H,4,7-11,13H2. The van der Waals surface area contributed by atoms with Crippen LogP contribution in [0.25, 0.3) is 0 Å². The summed E-state index contributed by atoms with van der Waals surface area (Å²) in [6, 6.07) is 7.87. The van der Waals surface area contributed by atoms with Gasteiger partial charge < -0.3 is 14.4 Å². The van der Waals surface area contributed by atoms with Crippen molar-refractivity contribution in [3.05, 3.63) is 46.7 Å². The maximum Gasteiger partial charge on any atom is 0.308 e. The second-order valence-corrected chi connectivity index (χ2v) is 6.47. The average Bonchev–Trinajstić information content (AvgIpc) is 3.13. The zero-order valence-corrected chi connectivity index (χ0v) is 14.9. The number of halogens is 1. The molecule has 0 spiro atoms. The van der Waals surface area contributed by atoms with Crippen molar-refractivity contribution in [3.63, 3.8) is 0 Å². The van der Waals surface area contributed by atoms with E-state index in [1.165, 1.54) is 0 Å². The van der Waals surface area contributed by atoms with Crippen molar-refractivity contribution >= 4 is 27.6 Å². The van der Waals surface area contributed by atoms with E-state index in [2.05, 4.69) is 32.0 Å². The molecule has 1 aliphatic heterocycles. The number of nitrogens with zero attached hydrogens (tertiary/aromatic N) is 3. The summed E-state index contributed by atoms with van der Waals surface area (Å²) in [6.07, 6.45) is 3.84. The molecular weight excluding hydrogens is 374 g/mol. The normalized spacial score (nSPS) is 14.6. The molecule has 2 heterocycles. The van der Waals surface area contributed by atoms with E-state index in [-0.39, 0.29) is 12.6 Å². The number of aryl methyl sites for hydroxylation is 1. The summed E-state index contributed by atoms with van der Waals surface area (Å²) in [7, 11) is 0. The molecule has 1 aliphatic rings. The lowest BCUT2D eigenvalue weighted by Crippen LogP contribution is -2.36. The van der Waals surface area contributed by atoms with Gasteiger partial charge in [-0.15, -0.1) is 0 Å². The highest BCUT2D eigenvalue weighted by Gasteiger charge is 2.16. The number of carbonyl (C=O) groups excluding carboxylic acids is 1. The van der Waals surface area contributed by atoms with E-state index in [9.17, 15) is 4.79 Å². The summed E-state index contributed by atoms with van der Waals surface area (Å²) < 4.78 is 13.6. The Balaban J connectivity index is 1.58. The fourth-order valence-electron chi connectivity index (χ4n) is 2.63. The fourth-order valence-corrected chi connectivity index (χ4v) is 2.98. The molecule has 2 aromatic rings. The molecule has 0 N–H and O–H groups in total. The Morgan fingerprint density at radius 1 is 1.33 bits per heavy atom. The molecule has 0 unspecified atom stereocenters. The van der Waals surface area contributed by atoms with Crippen LogP contribution in [0.3, 0.4) is 0 Å². The molecule has 1 aromatic heterocycles. The van der Waals surface area contributed by atoms with Crippen molar-refractivity contribution < 1.29 is 14.3 Å². The van der Waals surface area contributed by atoms with Crippen molar-refractivity contribution in [1.29, 1.82) is 0 Å². The van der Waals surface area contributed by atoms with Gasteiger partial charge in [-0.1, -0.05) is 22.0 Å². The SMILES string of the molecule is O=C(CCn1cccn1)OCc1ccc(Br)cc1N1CCOCC1. The summed E-state index contributed by atoms with van der Waals surface area (Å²) in [5, 5.41) is 4.08. The summed E-state index contributed by atoms with van der Waals surface area (Å²) in [4.78, 5) is 14.2. The number of benzene rings is 1. The Kier molecular flexibility index (Phi) is 5.87. The van der Waals surface area contributed by atoms with Crippen LogP contribution in [0.5, 0.6) is 0 Å². The van der Waals surface area contributed by atoms with Crippen LogP contribution in [-0.4, -0.2) is 42.1 Å². The second-order valence-electron chi connectivity index (χ2n) is 5.55. The first-order valence-corrected chi connectivity index (χ1v) is 8.76. The van der Waals surface area contributed by atoms with E-state index in [0.29, 0.717) is 13.0 Å². The quantitative estimate of drug-likeness (QED) is 0.706. The Morgan fingerprint density at radius 2 is 2.17 bits per heavy atom. The maximum absolute atomic E-state index is 12.0. The van der Waals surface area contributed by atoms with Crippen molar-refractivity contribution in [2.24, 2.45) is 0 Å². The molecule has 0 atom stereocenters. The highest BCUT2D eigenvalue weighted by molar-refractivity contribution is 9.10. The fraction of sp³-hybridized carbons (Fsp3) is 0.412. The molecule has 0 saturated carbocycles. The average molecular weight is 394 g/mol. The summed E-state index contributed by atoms with van der Waals surface area (Å²) >= 11 is 3.51. The number of rotatable bonds is 6. The Morgan fingerprint density at radius 3 is 2.92 bits per heavy atom. The largest absolute Gasteiger partial charge is 0.461 e. The molecule has 3 rings (SSSR count). The van der Waals surface area contributed by atoms with Crippen molar-refractivity contribution in [2.45, 2.75) is 19.6 Å². The highest BCUT2D eigenvalue weighted by atomic mass is 79.9. The minimum atomic E-state index is -0.221. The van der Waals surface area contributed by atoms with Crippen molar-refractivity contribution in [3.8, 4) is 0 Å².